The zero-order chi connectivity index (χ0) is 12.4. The van der Waals surface area contributed by atoms with Crippen LogP contribution < -0.4 is 5.32 Å². The zero-order valence-corrected chi connectivity index (χ0v) is 9.81. The maximum Gasteiger partial charge on any atom is 0.251 e. The molecule has 2 rings (SSSR count). The molecular formula is C13H17NO3. The van der Waals surface area contributed by atoms with Crippen molar-refractivity contribution in [2.45, 2.75) is 25.3 Å². The van der Waals surface area contributed by atoms with Crippen LogP contribution in [0.25, 0.3) is 0 Å². The predicted molar refractivity (Wildman–Crippen MR) is 64.0 cm³/mol. The van der Waals surface area contributed by atoms with Crippen molar-refractivity contribution in [3.8, 4) is 0 Å². The molecule has 2 atom stereocenters. The Balaban J connectivity index is 2.45. The van der Waals surface area contributed by atoms with Gasteiger partial charge in [0, 0.05) is 18.1 Å². The topological polar surface area (TPSA) is 69.6 Å². The standard InChI is InChI=1S/C13H17NO3/c1-8-2-3-9-10(4-5-15)12(7-16)14-13(17)11(9)6-8/h2-3,6,10,12,15-16H,4-5,7H2,1H3,(H,14,17)/t10-,12+/m1/s1. The lowest BCUT2D eigenvalue weighted by Gasteiger charge is -2.32. The number of carbonyl (C=O) groups excluding carboxylic acids is 1. The van der Waals surface area contributed by atoms with Crippen LogP contribution in [-0.2, 0) is 0 Å². The Morgan fingerprint density at radius 2 is 2.12 bits per heavy atom. The van der Waals surface area contributed by atoms with E-state index in [1.807, 2.05) is 25.1 Å². The van der Waals surface area contributed by atoms with Crippen molar-refractivity contribution < 1.29 is 15.0 Å². The van der Waals surface area contributed by atoms with Gasteiger partial charge in [-0.15, -0.1) is 0 Å². The second kappa shape index (κ2) is 4.85. The Morgan fingerprint density at radius 3 is 2.76 bits per heavy atom. The fourth-order valence-corrected chi connectivity index (χ4v) is 2.42. The number of aliphatic hydroxyl groups excluding tert-OH is 2. The average molecular weight is 235 g/mol. The third-order valence-electron chi connectivity index (χ3n) is 3.29. The van der Waals surface area contributed by atoms with Crippen LogP contribution in [0.4, 0.5) is 0 Å². The third kappa shape index (κ3) is 2.18. The van der Waals surface area contributed by atoms with Gasteiger partial charge >= 0.3 is 0 Å². The molecule has 0 aliphatic carbocycles. The van der Waals surface area contributed by atoms with Crippen molar-refractivity contribution in [1.29, 1.82) is 0 Å². The van der Waals surface area contributed by atoms with Gasteiger partial charge in [0.15, 0.2) is 0 Å². The highest BCUT2D eigenvalue weighted by Gasteiger charge is 2.32. The van der Waals surface area contributed by atoms with Gasteiger partial charge in [0.1, 0.15) is 0 Å². The van der Waals surface area contributed by atoms with E-state index in [4.69, 9.17) is 5.11 Å². The number of nitrogens with one attached hydrogen (secondary N) is 1. The third-order valence-corrected chi connectivity index (χ3v) is 3.29. The molecule has 17 heavy (non-hydrogen) atoms. The number of hydrogen-bond acceptors (Lipinski definition) is 3. The van der Waals surface area contributed by atoms with Gasteiger partial charge in [0.05, 0.1) is 12.6 Å². The summed E-state index contributed by atoms with van der Waals surface area (Å²) in [6.45, 7) is 1.88. The molecular weight excluding hydrogens is 218 g/mol. The number of rotatable bonds is 3. The van der Waals surface area contributed by atoms with E-state index in [9.17, 15) is 9.90 Å². The highest BCUT2D eigenvalue weighted by Crippen LogP contribution is 2.31. The van der Waals surface area contributed by atoms with Crippen molar-refractivity contribution in [3.05, 3.63) is 34.9 Å². The number of hydrogen-bond donors (Lipinski definition) is 3. The minimum absolute atomic E-state index is 0.0155. The van der Waals surface area contributed by atoms with Gasteiger partial charge in [-0.1, -0.05) is 17.7 Å². The lowest BCUT2D eigenvalue weighted by molar-refractivity contribution is 0.0874. The maximum atomic E-state index is 11.9. The minimum atomic E-state index is -0.301. The lowest BCUT2D eigenvalue weighted by Crippen LogP contribution is -2.46. The largest absolute Gasteiger partial charge is 0.396 e. The fraction of sp³-hybridized carbons (Fsp3) is 0.462. The summed E-state index contributed by atoms with van der Waals surface area (Å²) in [6.07, 6.45) is 0.543. The van der Waals surface area contributed by atoms with E-state index < -0.39 is 0 Å². The molecule has 3 N–H and O–H groups in total. The average Bonchev–Trinajstić information content (AvgIpc) is 2.33. The summed E-state index contributed by atoms with van der Waals surface area (Å²) in [5.74, 6) is -0.157. The number of aryl methyl sites for hydroxylation is 1. The molecule has 0 aromatic heterocycles. The van der Waals surface area contributed by atoms with Gasteiger partial charge in [-0.2, -0.15) is 0 Å². The summed E-state index contributed by atoms with van der Waals surface area (Å²) < 4.78 is 0. The number of benzene rings is 1. The first-order valence-electron chi connectivity index (χ1n) is 5.80. The van der Waals surface area contributed by atoms with Gasteiger partial charge in [0.25, 0.3) is 5.91 Å². The zero-order valence-electron chi connectivity index (χ0n) is 9.81. The van der Waals surface area contributed by atoms with Crippen LogP contribution in [0, 0.1) is 6.92 Å². The molecule has 0 spiro atoms. The summed E-state index contributed by atoms with van der Waals surface area (Å²) in [5.41, 5.74) is 2.62. The monoisotopic (exact) mass is 235 g/mol. The Bertz CT molecular complexity index is 431. The Kier molecular flexibility index (Phi) is 3.45. The van der Waals surface area contributed by atoms with Gasteiger partial charge in [-0.05, 0) is 25.0 Å². The first-order chi connectivity index (χ1) is 8.17. The van der Waals surface area contributed by atoms with Crippen LogP contribution in [0.5, 0.6) is 0 Å². The Labute approximate surface area is 100 Å². The number of carbonyl (C=O) groups is 1. The summed E-state index contributed by atoms with van der Waals surface area (Å²) in [4.78, 5) is 11.9. The molecule has 1 aromatic carbocycles. The molecule has 0 unspecified atom stereocenters. The molecule has 92 valence electrons. The summed E-state index contributed by atoms with van der Waals surface area (Å²) >= 11 is 0. The van der Waals surface area contributed by atoms with Crippen molar-refractivity contribution in [3.63, 3.8) is 0 Å². The maximum absolute atomic E-state index is 11.9. The molecule has 4 nitrogen and oxygen atoms in total. The van der Waals surface area contributed by atoms with Crippen LogP contribution >= 0.6 is 0 Å². The van der Waals surface area contributed by atoms with Crippen LogP contribution in [0.15, 0.2) is 18.2 Å². The summed E-state index contributed by atoms with van der Waals surface area (Å²) in [6, 6.07) is 5.43. The second-order valence-electron chi connectivity index (χ2n) is 4.47. The van der Waals surface area contributed by atoms with E-state index in [-0.39, 0.29) is 31.1 Å². The van der Waals surface area contributed by atoms with Gasteiger partial charge in [0.2, 0.25) is 0 Å². The molecule has 1 aromatic rings. The number of fused-ring (bicyclic) bond motifs is 1. The highest BCUT2D eigenvalue weighted by atomic mass is 16.3. The van der Waals surface area contributed by atoms with Crippen LogP contribution in [-0.4, -0.2) is 35.4 Å². The molecule has 0 fully saturated rings. The molecule has 1 aliphatic rings. The van der Waals surface area contributed by atoms with Crippen molar-refractivity contribution in [2.24, 2.45) is 0 Å². The Hall–Kier alpha value is -1.39. The van der Waals surface area contributed by atoms with Crippen LogP contribution in [0.1, 0.15) is 33.8 Å². The molecule has 4 heteroatoms. The Morgan fingerprint density at radius 1 is 1.35 bits per heavy atom. The van der Waals surface area contributed by atoms with Gasteiger partial charge in [-0.3, -0.25) is 4.79 Å². The second-order valence-corrected chi connectivity index (χ2v) is 4.47. The molecule has 0 radical (unpaired) electrons. The summed E-state index contributed by atoms with van der Waals surface area (Å²) in [5, 5.41) is 21.2. The first-order valence-corrected chi connectivity index (χ1v) is 5.80. The van der Waals surface area contributed by atoms with Gasteiger partial charge < -0.3 is 15.5 Å². The van der Waals surface area contributed by atoms with E-state index in [0.717, 1.165) is 11.1 Å². The molecule has 1 amide bonds. The number of aliphatic hydroxyl groups is 2. The SMILES string of the molecule is Cc1ccc2c(c1)C(=O)N[C@@H](CO)[C@@H]2CCO. The molecule has 0 bridgehead atoms. The lowest BCUT2D eigenvalue weighted by atomic mass is 9.82. The van der Waals surface area contributed by atoms with E-state index in [0.29, 0.717) is 12.0 Å². The normalized spacial score (nSPS) is 23.1. The van der Waals surface area contributed by atoms with Crippen LogP contribution in [0.3, 0.4) is 0 Å². The van der Waals surface area contributed by atoms with Crippen molar-refractivity contribution >= 4 is 5.91 Å². The quantitative estimate of drug-likeness (QED) is 0.717. The first kappa shape index (κ1) is 12.1. The predicted octanol–water partition coefficient (Wildman–Crippen LogP) is 0.565. The van der Waals surface area contributed by atoms with Crippen molar-refractivity contribution in [2.75, 3.05) is 13.2 Å². The van der Waals surface area contributed by atoms with Gasteiger partial charge in [-0.25, -0.2) is 0 Å². The van der Waals surface area contributed by atoms with E-state index in [1.165, 1.54) is 0 Å². The van der Waals surface area contributed by atoms with Crippen LogP contribution in [0.2, 0.25) is 0 Å². The van der Waals surface area contributed by atoms with E-state index >= 15 is 0 Å². The summed E-state index contributed by atoms with van der Waals surface area (Å²) in [7, 11) is 0. The smallest absolute Gasteiger partial charge is 0.251 e. The molecule has 1 aliphatic heterocycles. The molecule has 0 saturated heterocycles. The van der Waals surface area contributed by atoms with E-state index in [2.05, 4.69) is 5.32 Å². The van der Waals surface area contributed by atoms with E-state index in [1.54, 1.807) is 0 Å². The molecule has 1 heterocycles. The fourth-order valence-electron chi connectivity index (χ4n) is 2.42. The van der Waals surface area contributed by atoms with Crippen molar-refractivity contribution in [1.82, 2.24) is 5.32 Å². The number of amides is 1. The highest BCUT2D eigenvalue weighted by molar-refractivity contribution is 5.97. The molecule has 0 saturated carbocycles. The minimum Gasteiger partial charge on any atom is -0.396 e.